The second-order valence-electron chi connectivity index (χ2n) is 3.22. The maximum absolute atomic E-state index is 11.9. The first-order chi connectivity index (χ1) is 7.29. The van der Waals surface area contributed by atoms with Gasteiger partial charge in [-0.2, -0.15) is 13.2 Å². The molecule has 0 aliphatic heterocycles. The van der Waals surface area contributed by atoms with E-state index in [0.717, 1.165) is 0 Å². The molecule has 0 saturated carbocycles. The number of benzene rings is 1. The van der Waals surface area contributed by atoms with Gasteiger partial charge in [-0.05, 0) is 11.6 Å². The predicted octanol–water partition coefficient (Wildman–Crippen LogP) is 4.06. The fraction of sp³-hybridized carbons (Fsp3) is 0.300. The molecule has 0 radical (unpaired) electrons. The highest BCUT2D eigenvalue weighted by Crippen LogP contribution is 2.27. The number of carbonyl (C=O) groups excluding carboxylic acids is 1. The van der Waals surface area contributed by atoms with E-state index in [1.165, 1.54) is 18.2 Å². The van der Waals surface area contributed by atoms with E-state index in [9.17, 15) is 18.0 Å². The van der Waals surface area contributed by atoms with E-state index in [0.29, 0.717) is 5.56 Å². The van der Waals surface area contributed by atoms with Crippen LogP contribution in [0.25, 0.3) is 0 Å². The summed E-state index contributed by atoms with van der Waals surface area (Å²) in [4.78, 5) is 11.1. The molecule has 0 atom stereocenters. The molecule has 0 fully saturated rings. The molecule has 16 heavy (non-hydrogen) atoms. The van der Waals surface area contributed by atoms with Gasteiger partial charge in [-0.25, -0.2) is 0 Å². The molecular weight excluding hydrogens is 264 g/mol. The zero-order chi connectivity index (χ0) is 12.3. The fourth-order valence-electron chi connectivity index (χ4n) is 1.18. The van der Waals surface area contributed by atoms with Gasteiger partial charge in [0, 0.05) is 6.42 Å². The number of hydrogen-bond donors (Lipinski definition) is 0. The van der Waals surface area contributed by atoms with Crippen LogP contribution in [0.4, 0.5) is 13.2 Å². The number of carbonyl (C=O) groups is 1. The van der Waals surface area contributed by atoms with Gasteiger partial charge in [-0.1, -0.05) is 35.3 Å². The van der Waals surface area contributed by atoms with Gasteiger partial charge in [0.1, 0.15) is 12.2 Å². The highest BCUT2D eigenvalue weighted by molar-refractivity contribution is 6.42. The Labute approximate surface area is 100 Å². The third kappa shape index (κ3) is 4.02. The van der Waals surface area contributed by atoms with Crippen LogP contribution in [0.5, 0.6) is 0 Å². The molecule has 0 aliphatic carbocycles. The van der Waals surface area contributed by atoms with Crippen molar-refractivity contribution in [2.75, 3.05) is 0 Å². The van der Waals surface area contributed by atoms with Crippen molar-refractivity contribution in [2.45, 2.75) is 19.0 Å². The van der Waals surface area contributed by atoms with Crippen molar-refractivity contribution in [3.63, 3.8) is 0 Å². The molecule has 88 valence electrons. The van der Waals surface area contributed by atoms with Gasteiger partial charge >= 0.3 is 6.18 Å². The van der Waals surface area contributed by atoms with Crippen molar-refractivity contribution in [1.82, 2.24) is 0 Å². The Morgan fingerprint density at radius 1 is 1.25 bits per heavy atom. The first-order valence-corrected chi connectivity index (χ1v) is 5.06. The highest BCUT2D eigenvalue weighted by Gasteiger charge is 2.31. The zero-order valence-electron chi connectivity index (χ0n) is 7.94. The molecule has 0 amide bonds. The second kappa shape index (κ2) is 5.06. The lowest BCUT2D eigenvalue weighted by Crippen LogP contribution is -2.16. The van der Waals surface area contributed by atoms with Crippen LogP contribution in [0.3, 0.4) is 0 Å². The smallest absolute Gasteiger partial charge is 0.299 e. The number of hydrogen-bond acceptors (Lipinski definition) is 1. The predicted molar refractivity (Wildman–Crippen MR) is 55.8 cm³/mol. The molecular formula is C10H7Cl2F3O. The standard InChI is InChI=1S/C10H7Cl2F3O/c11-8-3-1-2-6(9(8)12)4-7(16)5-10(13,14)15/h1-3H,4-5H2. The Morgan fingerprint density at radius 3 is 2.44 bits per heavy atom. The van der Waals surface area contributed by atoms with Crippen LogP contribution in [-0.4, -0.2) is 12.0 Å². The summed E-state index contributed by atoms with van der Waals surface area (Å²) in [5.41, 5.74) is 0.309. The fourth-order valence-corrected chi connectivity index (χ4v) is 1.57. The summed E-state index contributed by atoms with van der Waals surface area (Å²) in [5.74, 6) is -0.934. The van der Waals surface area contributed by atoms with Crippen LogP contribution < -0.4 is 0 Å². The molecule has 0 bridgehead atoms. The molecule has 1 aromatic rings. The summed E-state index contributed by atoms with van der Waals surface area (Å²) < 4.78 is 35.7. The number of ketones is 1. The van der Waals surface area contributed by atoms with Crippen molar-refractivity contribution in [3.05, 3.63) is 33.8 Å². The van der Waals surface area contributed by atoms with E-state index in [1.54, 1.807) is 0 Å². The summed E-state index contributed by atoms with van der Waals surface area (Å²) in [7, 11) is 0. The van der Waals surface area contributed by atoms with Gasteiger partial charge in [0.2, 0.25) is 0 Å². The van der Waals surface area contributed by atoms with E-state index in [2.05, 4.69) is 0 Å². The lowest BCUT2D eigenvalue weighted by Gasteiger charge is -2.07. The minimum Gasteiger partial charge on any atom is -0.299 e. The third-order valence-electron chi connectivity index (χ3n) is 1.82. The lowest BCUT2D eigenvalue weighted by molar-refractivity contribution is -0.151. The summed E-state index contributed by atoms with van der Waals surface area (Å²) in [6.07, 6.45) is -6.29. The van der Waals surface area contributed by atoms with Crippen LogP contribution in [-0.2, 0) is 11.2 Å². The first kappa shape index (κ1) is 13.3. The van der Waals surface area contributed by atoms with Crippen molar-refractivity contribution in [2.24, 2.45) is 0 Å². The van der Waals surface area contributed by atoms with Gasteiger partial charge in [-0.3, -0.25) is 4.79 Å². The highest BCUT2D eigenvalue weighted by atomic mass is 35.5. The van der Waals surface area contributed by atoms with E-state index < -0.39 is 18.4 Å². The number of alkyl halides is 3. The Morgan fingerprint density at radius 2 is 1.88 bits per heavy atom. The molecule has 1 aromatic carbocycles. The van der Waals surface area contributed by atoms with Crippen molar-refractivity contribution >= 4 is 29.0 Å². The molecule has 0 aromatic heterocycles. The van der Waals surface area contributed by atoms with Crippen molar-refractivity contribution in [1.29, 1.82) is 0 Å². The minimum absolute atomic E-state index is 0.125. The molecule has 0 saturated heterocycles. The Balaban J connectivity index is 2.74. The maximum atomic E-state index is 11.9. The van der Waals surface area contributed by atoms with E-state index in [1.807, 2.05) is 0 Å². The quantitative estimate of drug-likeness (QED) is 0.810. The molecule has 0 aliphatic rings. The summed E-state index contributed by atoms with van der Waals surface area (Å²) >= 11 is 11.4. The van der Waals surface area contributed by atoms with Gasteiger partial charge in [0.15, 0.2) is 0 Å². The normalized spacial score (nSPS) is 11.6. The minimum atomic E-state index is -4.48. The van der Waals surface area contributed by atoms with Crippen molar-refractivity contribution in [3.8, 4) is 0 Å². The number of rotatable bonds is 3. The molecule has 0 heterocycles. The van der Waals surface area contributed by atoms with E-state index in [-0.39, 0.29) is 16.5 Å². The Hall–Kier alpha value is -0.740. The molecule has 0 N–H and O–H groups in total. The molecule has 1 rings (SSSR count). The summed E-state index contributed by atoms with van der Waals surface area (Å²) in [6.45, 7) is 0. The Bertz CT molecular complexity index is 402. The van der Waals surface area contributed by atoms with E-state index >= 15 is 0 Å². The van der Waals surface area contributed by atoms with Gasteiger partial charge in [0.05, 0.1) is 10.0 Å². The first-order valence-electron chi connectivity index (χ1n) is 4.31. The maximum Gasteiger partial charge on any atom is 0.395 e. The average molecular weight is 271 g/mol. The number of halogens is 5. The monoisotopic (exact) mass is 270 g/mol. The van der Waals surface area contributed by atoms with Gasteiger partial charge in [-0.15, -0.1) is 0 Å². The SMILES string of the molecule is O=C(Cc1cccc(Cl)c1Cl)CC(F)(F)F. The Kier molecular flexibility index (Phi) is 4.21. The van der Waals surface area contributed by atoms with Crippen LogP contribution in [0.15, 0.2) is 18.2 Å². The van der Waals surface area contributed by atoms with Crippen LogP contribution in [0, 0.1) is 0 Å². The lowest BCUT2D eigenvalue weighted by atomic mass is 10.1. The zero-order valence-corrected chi connectivity index (χ0v) is 9.46. The topological polar surface area (TPSA) is 17.1 Å². The van der Waals surface area contributed by atoms with Crippen LogP contribution in [0.2, 0.25) is 10.0 Å². The summed E-state index contributed by atoms with van der Waals surface area (Å²) in [5, 5.41) is 0.346. The van der Waals surface area contributed by atoms with Crippen LogP contribution >= 0.6 is 23.2 Å². The van der Waals surface area contributed by atoms with Crippen LogP contribution in [0.1, 0.15) is 12.0 Å². The third-order valence-corrected chi connectivity index (χ3v) is 2.67. The number of Topliss-reactive ketones (excluding diaryl/α,β-unsaturated/α-hetero) is 1. The van der Waals surface area contributed by atoms with E-state index in [4.69, 9.17) is 23.2 Å². The second-order valence-corrected chi connectivity index (χ2v) is 4.01. The van der Waals surface area contributed by atoms with Crippen molar-refractivity contribution < 1.29 is 18.0 Å². The largest absolute Gasteiger partial charge is 0.395 e. The molecule has 0 unspecified atom stereocenters. The molecule has 0 spiro atoms. The average Bonchev–Trinajstić information content (AvgIpc) is 2.09. The molecule has 6 heteroatoms. The van der Waals surface area contributed by atoms with Gasteiger partial charge in [0.25, 0.3) is 0 Å². The van der Waals surface area contributed by atoms with Gasteiger partial charge < -0.3 is 0 Å². The summed E-state index contributed by atoms with van der Waals surface area (Å²) in [6, 6.07) is 4.51. The molecule has 1 nitrogen and oxygen atoms in total.